The van der Waals surface area contributed by atoms with Crippen LogP contribution >= 0.6 is 11.3 Å². The Morgan fingerprint density at radius 1 is 1.58 bits per heavy atom. The highest BCUT2D eigenvalue weighted by Gasteiger charge is 2.01. The summed E-state index contributed by atoms with van der Waals surface area (Å²) in [5, 5.41) is 3.23. The van der Waals surface area contributed by atoms with Crippen LogP contribution in [0, 0.1) is 0 Å². The minimum absolute atomic E-state index is 0.0711. The molecule has 2 heterocycles. The Morgan fingerprint density at radius 2 is 2.42 bits per heavy atom. The van der Waals surface area contributed by atoms with Crippen molar-refractivity contribution < 1.29 is 0 Å². The number of hydrogen-bond donors (Lipinski definition) is 1. The van der Waals surface area contributed by atoms with E-state index >= 15 is 0 Å². The van der Waals surface area contributed by atoms with E-state index in [2.05, 4.69) is 17.1 Å². The maximum atomic E-state index is 5.74. The van der Waals surface area contributed by atoms with Gasteiger partial charge in [-0.25, -0.2) is 4.98 Å². The quantitative estimate of drug-likeness (QED) is 0.727. The van der Waals surface area contributed by atoms with Crippen LogP contribution in [0.5, 0.6) is 0 Å². The van der Waals surface area contributed by atoms with Crippen molar-refractivity contribution in [1.29, 1.82) is 0 Å². The summed E-state index contributed by atoms with van der Waals surface area (Å²) in [7, 11) is 0. The predicted molar refractivity (Wildman–Crippen MR) is 52.2 cm³/mol. The molecule has 2 N–H and O–H groups in total. The molecule has 0 fully saturated rings. The lowest BCUT2D eigenvalue weighted by molar-refractivity contribution is 0.815. The van der Waals surface area contributed by atoms with E-state index in [0.717, 1.165) is 10.4 Å². The van der Waals surface area contributed by atoms with Gasteiger partial charge in [0.05, 0.1) is 0 Å². The average molecular weight is 178 g/mol. The summed E-state index contributed by atoms with van der Waals surface area (Å²) in [6, 6.07) is 4.24. The van der Waals surface area contributed by atoms with Crippen molar-refractivity contribution in [2.24, 2.45) is 5.73 Å². The van der Waals surface area contributed by atoms with E-state index in [1.54, 1.807) is 11.3 Å². The van der Waals surface area contributed by atoms with Crippen LogP contribution in [0.4, 0.5) is 0 Å². The zero-order chi connectivity index (χ0) is 8.55. The van der Waals surface area contributed by atoms with Gasteiger partial charge in [-0.2, -0.15) is 0 Å². The third kappa shape index (κ3) is 1.21. The standard InChI is InChI=1S/C9H10N2S/c1-6(10)8-4-7-2-3-12-9(7)11-5-8/h2-6H,10H2,1H3/t6-/m0/s1. The summed E-state index contributed by atoms with van der Waals surface area (Å²) >= 11 is 1.66. The third-order valence-electron chi connectivity index (χ3n) is 1.85. The molecule has 0 spiro atoms. The number of pyridine rings is 1. The average Bonchev–Trinajstić information content (AvgIpc) is 2.49. The minimum atomic E-state index is 0.0711. The van der Waals surface area contributed by atoms with Crippen molar-refractivity contribution in [2.45, 2.75) is 13.0 Å². The topological polar surface area (TPSA) is 38.9 Å². The lowest BCUT2D eigenvalue weighted by Gasteiger charge is -2.03. The third-order valence-corrected chi connectivity index (χ3v) is 2.69. The first kappa shape index (κ1) is 7.71. The van der Waals surface area contributed by atoms with E-state index in [1.807, 2.05) is 18.5 Å². The van der Waals surface area contributed by atoms with Crippen LogP contribution < -0.4 is 5.73 Å². The van der Waals surface area contributed by atoms with Crippen molar-refractivity contribution in [3.63, 3.8) is 0 Å². The van der Waals surface area contributed by atoms with Crippen molar-refractivity contribution in [3.8, 4) is 0 Å². The Hall–Kier alpha value is -0.930. The molecule has 0 bridgehead atoms. The molecule has 0 aliphatic carbocycles. The van der Waals surface area contributed by atoms with E-state index in [0.29, 0.717) is 0 Å². The van der Waals surface area contributed by atoms with Gasteiger partial charge in [0.15, 0.2) is 0 Å². The lowest BCUT2D eigenvalue weighted by Crippen LogP contribution is -2.04. The maximum absolute atomic E-state index is 5.74. The fraction of sp³-hybridized carbons (Fsp3) is 0.222. The van der Waals surface area contributed by atoms with Crippen LogP contribution in [0.25, 0.3) is 10.2 Å². The summed E-state index contributed by atoms with van der Waals surface area (Å²) in [5.74, 6) is 0. The van der Waals surface area contributed by atoms with Gasteiger partial charge in [-0.3, -0.25) is 0 Å². The first-order valence-electron chi connectivity index (χ1n) is 3.86. The van der Waals surface area contributed by atoms with E-state index in [-0.39, 0.29) is 6.04 Å². The summed E-state index contributed by atoms with van der Waals surface area (Å²) in [5.41, 5.74) is 6.83. The summed E-state index contributed by atoms with van der Waals surface area (Å²) in [6.45, 7) is 1.97. The molecule has 0 saturated heterocycles. The highest BCUT2D eigenvalue weighted by molar-refractivity contribution is 7.16. The molecule has 2 aromatic rings. The molecule has 2 aromatic heterocycles. The number of rotatable bonds is 1. The number of hydrogen-bond acceptors (Lipinski definition) is 3. The summed E-state index contributed by atoms with van der Waals surface area (Å²) < 4.78 is 0. The fourth-order valence-corrected chi connectivity index (χ4v) is 1.85. The SMILES string of the molecule is C[C@H](N)c1cnc2sccc2c1. The second kappa shape index (κ2) is 2.84. The Labute approximate surface area is 75.0 Å². The van der Waals surface area contributed by atoms with Gasteiger partial charge in [0.2, 0.25) is 0 Å². The number of nitrogens with two attached hydrogens (primary N) is 1. The van der Waals surface area contributed by atoms with Crippen LogP contribution in [-0.4, -0.2) is 4.98 Å². The first-order valence-corrected chi connectivity index (χ1v) is 4.74. The van der Waals surface area contributed by atoms with Gasteiger partial charge in [0.25, 0.3) is 0 Å². The predicted octanol–water partition coefficient (Wildman–Crippen LogP) is 2.32. The molecule has 0 unspecified atom stereocenters. The van der Waals surface area contributed by atoms with Gasteiger partial charge in [-0.15, -0.1) is 11.3 Å². The van der Waals surface area contributed by atoms with Crippen molar-refractivity contribution in [2.75, 3.05) is 0 Å². The molecule has 3 heteroatoms. The monoisotopic (exact) mass is 178 g/mol. The molecule has 0 radical (unpaired) electrons. The molecule has 0 amide bonds. The lowest BCUT2D eigenvalue weighted by atomic mass is 10.1. The molecule has 62 valence electrons. The van der Waals surface area contributed by atoms with Gasteiger partial charge >= 0.3 is 0 Å². The highest BCUT2D eigenvalue weighted by atomic mass is 32.1. The summed E-state index contributed by atoms with van der Waals surface area (Å²) in [4.78, 5) is 5.38. The molecule has 0 aromatic carbocycles. The second-order valence-electron chi connectivity index (χ2n) is 2.87. The van der Waals surface area contributed by atoms with E-state index < -0.39 is 0 Å². The zero-order valence-electron chi connectivity index (χ0n) is 6.82. The maximum Gasteiger partial charge on any atom is 0.123 e. The molecule has 12 heavy (non-hydrogen) atoms. The number of aromatic nitrogens is 1. The fourth-order valence-electron chi connectivity index (χ4n) is 1.12. The molecule has 2 nitrogen and oxygen atoms in total. The summed E-state index contributed by atoms with van der Waals surface area (Å²) in [6.07, 6.45) is 1.85. The van der Waals surface area contributed by atoms with E-state index in [4.69, 9.17) is 5.73 Å². The minimum Gasteiger partial charge on any atom is -0.324 e. The molecular weight excluding hydrogens is 168 g/mol. The molecule has 0 aliphatic rings. The molecule has 2 rings (SSSR count). The van der Waals surface area contributed by atoms with E-state index in [9.17, 15) is 0 Å². The first-order chi connectivity index (χ1) is 5.77. The molecule has 0 saturated carbocycles. The Balaban J connectivity index is 2.60. The van der Waals surface area contributed by atoms with Crippen LogP contribution in [0.1, 0.15) is 18.5 Å². The Morgan fingerprint density at radius 3 is 3.17 bits per heavy atom. The Bertz CT molecular complexity index is 392. The number of nitrogens with zero attached hydrogens (tertiary/aromatic N) is 1. The number of fused-ring (bicyclic) bond motifs is 1. The largest absolute Gasteiger partial charge is 0.324 e. The van der Waals surface area contributed by atoms with Gasteiger partial charge in [-0.1, -0.05) is 0 Å². The van der Waals surface area contributed by atoms with Gasteiger partial charge in [0.1, 0.15) is 4.83 Å². The van der Waals surface area contributed by atoms with Crippen LogP contribution in [0.15, 0.2) is 23.7 Å². The number of thiophene rings is 1. The second-order valence-corrected chi connectivity index (χ2v) is 3.77. The van der Waals surface area contributed by atoms with E-state index in [1.165, 1.54) is 5.39 Å². The normalized spacial score (nSPS) is 13.5. The van der Waals surface area contributed by atoms with Crippen LogP contribution in [-0.2, 0) is 0 Å². The van der Waals surface area contributed by atoms with Crippen LogP contribution in [0.3, 0.4) is 0 Å². The molecule has 1 atom stereocenters. The van der Waals surface area contributed by atoms with Crippen molar-refractivity contribution in [1.82, 2.24) is 4.98 Å². The smallest absolute Gasteiger partial charge is 0.123 e. The van der Waals surface area contributed by atoms with Gasteiger partial charge < -0.3 is 5.73 Å². The van der Waals surface area contributed by atoms with Crippen molar-refractivity contribution in [3.05, 3.63) is 29.3 Å². The van der Waals surface area contributed by atoms with Crippen molar-refractivity contribution >= 4 is 21.6 Å². The van der Waals surface area contributed by atoms with Gasteiger partial charge in [0, 0.05) is 17.6 Å². The zero-order valence-corrected chi connectivity index (χ0v) is 7.64. The molecule has 0 aliphatic heterocycles. The molecular formula is C9H10N2S. The van der Waals surface area contributed by atoms with Crippen LogP contribution in [0.2, 0.25) is 0 Å². The van der Waals surface area contributed by atoms with Gasteiger partial charge in [-0.05, 0) is 30.0 Å². The Kier molecular flexibility index (Phi) is 1.83. The highest BCUT2D eigenvalue weighted by Crippen LogP contribution is 2.20.